The summed E-state index contributed by atoms with van der Waals surface area (Å²) in [6, 6.07) is 4.33. The molecule has 0 aliphatic rings. The van der Waals surface area contributed by atoms with Crippen molar-refractivity contribution in [2.45, 2.75) is 13.0 Å². The largest absolute Gasteiger partial charge is 0.490 e. The number of ether oxygens (including phenoxy) is 1. The van der Waals surface area contributed by atoms with Crippen LogP contribution in [0.25, 0.3) is 0 Å². The van der Waals surface area contributed by atoms with Crippen LogP contribution >= 0.6 is 0 Å². The second-order valence-electron chi connectivity index (χ2n) is 3.77. The van der Waals surface area contributed by atoms with Crippen LogP contribution in [0, 0.1) is 5.82 Å². The lowest BCUT2D eigenvalue weighted by Gasteiger charge is -2.13. The van der Waals surface area contributed by atoms with E-state index in [4.69, 9.17) is 9.84 Å². The first-order valence-corrected chi connectivity index (χ1v) is 5.27. The van der Waals surface area contributed by atoms with Crippen molar-refractivity contribution in [3.05, 3.63) is 29.6 Å². The van der Waals surface area contributed by atoms with Crippen molar-refractivity contribution < 1.29 is 19.0 Å². The number of carbonyl (C=O) groups excluding carboxylic acids is 1. The third kappa shape index (κ3) is 3.71. The van der Waals surface area contributed by atoms with Crippen LogP contribution in [-0.4, -0.2) is 36.6 Å². The number of amides is 1. The molecule has 0 radical (unpaired) electrons. The van der Waals surface area contributed by atoms with Gasteiger partial charge in [0, 0.05) is 19.7 Å². The fourth-order valence-corrected chi connectivity index (χ4v) is 1.30. The highest BCUT2D eigenvalue weighted by atomic mass is 19.1. The van der Waals surface area contributed by atoms with Gasteiger partial charge in [-0.15, -0.1) is 0 Å². The molecule has 5 heteroatoms. The van der Waals surface area contributed by atoms with Gasteiger partial charge in [0.2, 0.25) is 5.91 Å². The van der Waals surface area contributed by atoms with Gasteiger partial charge in [-0.3, -0.25) is 4.79 Å². The predicted molar refractivity (Wildman–Crippen MR) is 61.1 cm³/mol. The molecule has 4 nitrogen and oxygen atoms in total. The van der Waals surface area contributed by atoms with E-state index < -0.39 is 5.82 Å². The molecule has 1 aromatic carbocycles. The van der Waals surface area contributed by atoms with Crippen molar-refractivity contribution in [2.75, 3.05) is 20.7 Å². The molecule has 0 unspecified atom stereocenters. The van der Waals surface area contributed by atoms with Crippen LogP contribution in [0.2, 0.25) is 0 Å². The molecule has 0 atom stereocenters. The number of halogens is 1. The summed E-state index contributed by atoms with van der Waals surface area (Å²) in [5, 5.41) is 9.02. The summed E-state index contributed by atoms with van der Waals surface area (Å²) in [7, 11) is 3.29. The number of nitrogens with zero attached hydrogens (tertiary/aromatic N) is 1. The number of carbonyl (C=O) groups is 1. The summed E-state index contributed by atoms with van der Waals surface area (Å²) >= 11 is 0. The summed E-state index contributed by atoms with van der Waals surface area (Å²) in [6.07, 6.45) is 0.173. The minimum Gasteiger partial charge on any atom is -0.490 e. The lowest BCUT2D eigenvalue weighted by Crippen LogP contribution is -2.23. The topological polar surface area (TPSA) is 49.8 Å². The lowest BCUT2D eigenvalue weighted by molar-refractivity contribution is -0.129. The van der Waals surface area contributed by atoms with Gasteiger partial charge in [-0.25, -0.2) is 4.39 Å². The summed E-state index contributed by atoms with van der Waals surface area (Å²) in [6.45, 7) is -0.209. The van der Waals surface area contributed by atoms with Gasteiger partial charge in [0.1, 0.15) is 0 Å². The number of hydrogen-bond donors (Lipinski definition) is 1. The SMILES string of the molecule is CN(C)C(=O)CCOc1c(F)cccc1CO. The monoisotopic (exact) mass is 241 g/mol. The summed E-state index contributed by atoms with van der Waals surface area (Å²) in [5.74, 6) is -0.609. The van der Waals surface area contributed by atoms with Gasteiger partial charge in [-0.1, -0.05) is 12.1 Å². The van der Waals surface area contributed by atoms with Crippen LogP contribution in [0.5, 0.6) is 5.75 Å². The minimum atomic E-state index is -0.533. The van der Waals surface area contributed by atoms with E-state index in [2.05, 4.69) is 0 Å². The molecule has 0 fully saturated rings. The average molecular weight is 241 g/mol. The molecular weight excluding hydrogens is 225 g/mol. The maximum absolute atomic E-state index is 13.4. The standard InChI is InChI=1S/C12H16FNO3/c1-14(2)11(16)6-7-17-12-9(8-15)4-3-5-10(12)13/h3-5,15H,6-8H2,1-2H3. The van der Waals surface area contributed by atoms with E-state index in [-0.39, 0.29) is 31.3 Å². The van der Waals surface area contributed by atoms with Crippen molar-refractivity contribution in [2.24, 2.45) is 0 Å². The van der Waals surface area contributed by atoms with Gasteiger partial charge in [0.25, 0.3) is 0 Å². The first-order chi connectivity index (χ1) is 8.06. The van der Waals surface area contributed by atoms with Crippen LogP contribution in [0.4, 0.5) is 4.39 Å². The molecular formula is C12H16FNO3. The minimum absolute atomic E-state index is 0.0153. The molecule has 17 heavy (non-hydrogen) atoms. The van der Waals surface area contributed by atoms with Gasteiger partial charge in [0.15, 0.2) is 11.6 Å². The third-order valence-electron chi connectivity index (χ3n) is 2.28. The van der Waals surface area contributed by atoms with Crippen LogP contribution < -0.4 is 4.74 Å². The van der Waals surface area contributed by atoms with Crippen LogP contribution in [0.15, 0.2) is 18.2 Å². The molecule has 0 aliphatic heterocycles. The maximum atomic E-state index is 13.4. The molecule has 0 aliphatic carbocycles. The molecule has 0 bridgehead atoms. The van der Waals surface area contributed by atoms with E-state index in [1.165, 1.54) is 17.0 Å². The Bertz CT molecular complexity index is 393. The average Bonchev–Trinajstić information content (AvgIpc) is 2.30. The predicted octanol–water partition coefficient (Wildman–Crippen LogP) is 1.18. The van der Waals surface area contributed by atoms with Gasteiger partial charge < -0.3 is 14.7 Å². The van der Waals surface area contributed by atoms with E-state index >= 15 is 0 Å². The Hall–Kier alpha value is -1.62. The van der Waals surface area contributed by atoms with E-state index in [1.807, 2.05) is 0 Å². The molecule has 1 N–H and O–H groups in total. The first kappa shape index (κ1) is 13.4. The van der Waals surface area contributed by atoms with Gasteiger partial charge >= 0.3 is 0 Å². The molecule has 94 valence electrons. The van der Waals surface area contributed by atoms with Crippen molar-refractivity contribution in [3.8, 4) is 5.75 Å². The fraction of sp³-hybridized carbons (Fsp3) is 0.417. The van der Waals surface area contributed by atoms with Crippen molar-refractivity contribution >= 4 is 5.91 Å². The molecule has 0 saturated heterocycles. The van der Waals surface area contributed by atoms with Crippen molar-refractivity contribution in [1.29, 1.82) is 0 Å². The van der Waals surface area contributed by atoms with E-state index in [0.29, 0.717) is 5.56 Å². The summed E-state index contributed by atoms with van der Waals surface area (Å²) in [5.41, 5.74) is 0.377. The lowest BCUT2D eigenvalue weighted by atomic mass is 10.2. The van der Waals surface area contributed by atoms with E-state index in [9.17, 15) is 9.18 Å². The smallest absolute Gasteiger partial charge is 0.225 e. The van der Waals surface area contributed by atoms with Gasteiger partial charge in [-0.05, 0) is 6.07 Å². The molecule has 1 rings (SSSR count). The zero-order valence-electron chi connectivity index (χ0n) is 9.94. The number of hydrogen-bond acceptors (Lipinski definition) is 3. The molecule has 1 amide bonds. The van der Waals surface area contributed by atoms with Crippen molar-refractivity contribution in [1.82, 2.24) is 4.90 Å². The Kier molecular flexibility index (Phi) is 4.90. The van der Waals surface area contributed by atoms with Crippen LogP contribution in [0.3, 0.4) is 0 Å². The highest BCUT2D eigenvalue weighted by Gasteiger charge is 2.10. The normalized spacial score (nSPS) is 10.1. The molecule has 0 aromatic heterocycles. The van der Waals surface area contributed by atoms with E-state index in [0.717, 1.165) is 0 Å². The number of aliphatic hydroxyl groups excluding tert-OH is 1. The summed E-state index contributed by atoms with van der Waals surface area (Å²) in [4.78, 5) is 12.7. The summed E-state index contributed by atoms with van der Waals surface area (Å²) < 4.78 is 18.6. The second kappa shape index (κ2) is 6.20. The van der Waals surface area contributed by atoms with E-state index in [1.54, 1.807) is 20.2 Å². The Morgan fingerprint density at radius 3 is 2.76 bits per heavy atom. The fourth-order valence-electron chi connectivity index (χ4n) is 1.30. The van der Waals surface area contributed by atoms with Gasteiger partial charge in [-0.2, -0.15) is 0 Å². The quantitative estimate of drug-likeness (QED) is 0.842. The molecule has 1 aromatic rings. The number of benzene rings is 1. The second-order valence-corrected chi connectivity index (χ2v) is 3.77. The zero-order valence-corrected chi connectivity index (χ0v) is 9.94. The number of aliphatic hydroxyl groups is 1. The van der Waals surface area contributed by atoms with Crippen LogP contribution in [-0.2, 0) is 11.4 Å². The highest BCUT2D eigenvalue weighted by molar-refractivity contribution is 5.75. The Labute approximate surface area is 99.6 Å². The van der Waals surface area contributed by atoms with Crippen molar-refractivity contribution in [3.63, 3.8) is 0 Å². The molecule has 0 heterocycles. The Morgan fingerprint density at radius 1 is 1.47 bits per heavy atom. The first-order valence-electron chi connectivity index (χ1n) is 5.27. The maximum Gasteiger partial charge on any atom is 0.225 e. The Balaban J connectivity index is 2.60. The molecule has 0 spiro atoms. The zero-order chi connectivity index (χ0) is 12.8. The van der Waals surface area contributed by atoms with Gasteiger partial charge in [0.05, 0.1) is 19.6 Å². The van der Waals surface area contributed by atoms with Crippen LogP contribution in [0.1, 0.15) is 12.0 Å². The number of para-hydroxylation sites is 1. The third-order valence-corrected chi connectivity index (χ3v) is 2.28. The molecule has 0 saturated carbocycles. The highest BCUT2D eigenvalue weighted by Crippen LogP contribution is 2.22. The number of rotatable bonds is 5. The Morgan fingerprint density at radius 2 is 2.18 bits per heavy atom.